The van der Waals surface area contributed by atoms with Crippen molar-refractivity contribution in [1.82, 2.24) is 0 Å². The maximum absolute atomic E-state index is 10.8. The van der Waals surface area contributed by atoms with E-state index in [0.29, 0.717) is 26.9 Å². The Hall–Kier alpha value is -1.78. The Bertz CT molecular complexity index is 644. The molecule has 2 rings (SSSR count). The number of methoxy groups -OCH3 is 1. The number of rotatable bonds is 3. The summed E-state index contributed by atoms with van der Waals surface area (Å²) in [6.07, 6.45) is 0. The molecule has 0 atom stereocenters. The third-order valence-electron chi connectivity index (χ3n) is 2.52. The van der Waals surface area contributed by atoms with E-state index in [1.165, 1.54) is 19.2 Å². The number of nitro groups is 1. The molecule has 19 heavy (non-hydrogen) atoms. The van der Waals surface area contributed by atoms with Crippen LogP contribution in [0.15, 0.2) is 30.3 Å². The Labute approximate surface area is 119 Å². The molecule has 4 nitrogen and oxygen atoms in total. The van der Waals surface area contributed by atoms with Crippen LogP contribution in [0, 0.1) is 16.2 Å². The summed E-state index contributed by atoms with van der Waals surface area (Å²) in [6.45, 7) is 0. The highest BCUT2D eigenvalue weighted by Gasteiger charge is 2.15. The van der Waals surface area contributed by atoms with Gasteiger partial charge in [-0.15, -0.1) is 0 Å². The second-order valence-electron chi connectivity index (χ2n) is 3.69. The van der Waals surface area contributed by atoms with Crippen LogP contribution in [0.1, 0.15) is 0 Å². The van der Waals surface area contributed by atoms with Crippen LogP contribution in [-0.2, 0) is 0 Å². The number of hydrogen-bond donors (Lipinski definition) is 0. The second-order valence-corrected chi connectivity index (χ2v) is 4.53. The van der Waals surface area contributed by atoms with Gasteiger partial charge < -0.3 is 4.74 Å². The van der Waals surface area contributed by atoms with E-state index in [9.17, 15) is 10.1 Å². The molecular weight excluding hydrogens is 289 g/mol. The van der Waals surface area contributed by atoms with Gasteiger partial charge in [-0.25, -0.2) is 0 Å². The normalized spacial score (nSPS) is 10.3. The summed E-state index contributed by atoms with van der Waals surface area (Å²) in [4.78, 5) is 10.3. The maximum atomic E-state index is 10.8. The Kier molecular flexibility index (Phi) is 3.93. The molecular formula is C13H8Cl2NO3. The largest absolute Gasteiger partial charge is 0.495 e. The summed E-state index contributed by atoms with van der Waals surface area (Å²) in [7, 11) is 1.46. The quantitative estimate of drug-likeness (QED) is 0.624. The number of ether oxygens (including phenoxy) is 1. The zero-order valence-corrected chi connectivity index (χ0v) is 11.3. The first-order valence-electron chi connectivity index (χ1n) is 5.22. The van der Waals surface area contributed by atoms with Crippen molar-refractivity contribution in [3.05, 3.63) is 56.6 Å². The molecule has 0 N–H and O–H groups in total. The molecule has 2 aromatic carbocycles. The second kappa shape index (κ2) is 5.47. The SMILES string of the molecule is COc1[c]cc([N+](=O)[O-])cc1-c1cc(Cl)ccc1Cl. The fraction of sp³-hybridized carbons (Fsp3) is 0.0769. The van der Waals surface area contributed by atoms with Crippen molar-refractivity contribution >= 4 is 28.9 Å². The zero-order chi connectivity index (χ0) is 14.0. The van der Waals surface area contributed by atoms with Crippen LogP contribution in [0.3, 0.4) is 0 Å². The van der Waals surface area contributed by atoms with Crippen molar-refractivity contribution in [3.63, 3.8) is 0 Å². The van der Waals surface area contributed by atoms with Crippen LogP contribution < -0.4 is 4.74 Å². The number of hydrogen-bond acceptors (Lipinski definition) is 3. The molecule has 0 saturated carbocycles. The third-order valence-corrected chi connectivity index (χ3v) is 3.09. The summed E-state index contributed by atoms with van der Waals surface area (Å²) in [6, 6.07) is 10.2. The Morgan fingerprint density at radius 3 is 2.63 bits per heavy atom. The average molecular weight is 297 g/mol. The number of nitro benzene ring substituents is 1. The van der Waals surface area contributed by atoms with Gasteiger partial charge in [-0.05, 0) is 18.2 Å². The highest BCUT2D eigenvalue weighted by Crippen LogP contribution is 2.38. The standard InChI is InChI=1S/C13H8Cl2NO3/c1-19-13-5-3-9(16(17)18)7-11(13)10-6-8(14)2-4-12(10)15/h2-4,6-7H,1H3. The van der Waals surface area contributed by atoms with Crippen LogP contribution in [0.4, 0.5) is 5.69 Å². The summed E-state index contributed by atoms with van der Waals surface area (Å²) in [5, 5.41) is 11.7. The molecule has 0 aliphatic heterocycles. The first-order valence-corrected chi connectivity index (χ1v) is 5.98. The topological polar surface area (TPSA) is 52.4 Å². The Morgan fingerprint density at radius 1 is 1.26 bits per heavy atom. The number of benzene rings is 2. The first-order chi connectivity index (χ1) is 9.02. The highest BCUT2D eigenvalue weighted by molar-refractivity contribution is 6.35. The smallest absolute Gasteiger partial charge is 0.270 e. The molecule has 0 heterocycles. The van der Waals surface area contributed by atoms with Gasteiger partial charge >= 0.3 is 0 Å². The average Bonchev–Trinajstić information content (AvgIpc) is 2.40. The van der Waals surface area contributed by atoms with Crippen molar-refractivity contribution in [2.24, 2.45) is 0 Å². The number of nitrogens with zero attached hydrogens (tertiary/aromatic N) is 1. The van der Waals surface area contributed by atoms with E-state index < -0.39 is 4.92 Å². The van der Waals surface area contributed by atoms with Crippen molar-refractivity contribution in [2.75, 3.05) is 7.11 Å². The van der Waals surface area contributed by atoms with E-state index in [1.54, 1.807) is 18.2 Å². The van der Waals surface area contributed by atoms with Crippen molar-refractivity contribution in [3.8, 4) is 16.9 Å². The van der Waals surface area contributed by atoms with Crippen molar-refractivity contribution in [1.29, 1.82) is 0 Å². The molecule has 0 aliphatic rings. The van der Waals surface area contributed by atoms with Gasteiger partial charge in [0.25, 0.3) is 5.69 Å². The lowest BCUT2D eigenvalue weighted by atomic mass is 10.0. The van der Waals surface area contributed by atoms with Gasteiger partial charge in [0.05, 0.1) is 12.0 Å². The molecule has 0 aromatic heterocycles. The zero-order valence-electron chi connectivity index (χ0n) is 9.81. The minimum Gasteiger partial charge on any atom is -0.495 e. The fourth-order valence-corrected chi connectivity index (χ4v) is 2.04. The summed E-state index contributed by atoms with van der Waals surface area (Å²) >= 11 is 12.0. The lowest BCUT2D eigenvalue weighted by Gasteiger charge is -2.10. The predicted octanol–water partition coefficient (Wildman–Crippen LogP) is 4.38. The molecule has 0 bridgehead atoms. The van der Waals surface area contributed by atoms with Crippen LogP contribution in [0.25, 0.3) is 11.1 Å². The van der Waals surface area contributed by atoms with Gasteiger partial charge in [0.15, 0.2) is 0 Å². The van der Waals surface area contributed by atoms with Gasteiger partial charge in [0.2, 0.25) is 0 Å². The molecule has 0 saturated heterocycles. The van der Waals surface area contributed by atoms with Gasteiger partial charge in [-0.3, -0.25) is 10.1 Å². The summed E-state index contributed by atoms with van der Waals surface area (Å²) in [5.41, 5.74) is 0.946. The minimum atomic E-state index is -0.502. The van der Waals surface area contributed by atoms with E-state index in [-0.39, 0.29) is 5.69 Å². The number of non-ortho nitro benzene ring substituents is 1. The number of halogens is 2. The Morgan fingerprint density at radius 2 is 2.00 bits per heavy atom. The highest BCUT2D eigenvalue weighted by atomic mass is 35.5. The van der Waals surface area contributed by atoms with Crippen LogP contribution in [0.2, 0.25) is 10.0 Å². The molecule has 1 radical (unpaired) electrons. The fourth-order valence-electron chi connectivity index (χ4n) is 1.65. The molecule has 0 spiro atoms. The lowest BCUT2D eigenvalue weighted by molar-refractivity contribution is -0.384. The predicted molar refractivity (Wildman–Crippen MR) is 73.9 cm³/mol. The summed E-state index contributed by atoms with van der Waals surface area (Å²) in [5.74, 6) is 0.370. The molecule has 0 amide bonds. The first kappa shape index (κ1) is 13.6. The molecule has 0 fully saturated rings. The maximum Gasteiger partial charge on any atom is 0.270 e. The van der Waals surface area contributed by atoms with Gasteiger partial charge in [0, 0.05) is 39.4 Å². The monoisotopic (exact) mass is 296 g/mol. The molecule has 0 unspecified atom stereocenters. The molecule has 0 aliphatic carbocycles. The van der Waals surface area contributed by atoms with Gasteiger partial charge in [-0.1, -0.05) is 23.2 Å². The van der Waals surface area contributed by atoms with Crippen LogP contribution in [-0.4, -0.2) is 12.0 Å². The van der Waals surface area contributed by atoms with E-state index in [2.05, 4.69) is 6.07 Å². The van der Waals surface area contributed by atoms with Crippen molar-refractivity contribution < 1.29 is 9.66 Å². The van der Waals surface area contributed by atoms with E-state index in [0.717, 1.165) is 0 Å². The van der Waals surface area contributed by atoms with Crippen LogP contribution >= 0.6 is 23.2 Å². The van der Waals surface area contributed by atoms with E-state index >= 15 is 0 Å². The summed E-state index contributed by atoms with van der Waals surface area (Å²) < 4.78 is 5.15. The van der Waals surface area contributed by atoms with Gasteiger partial charge in [0.1, 0.15) is 5.75 Å². The van der Waals surface area contributed by atoms with Crippen LogP contribution in [0.5, 0.6) is 5.75 Å². The molecule has 2 aromatic rings. The molecule has 6 heteroatoms. The van der Waals surface area contributed by atoms with E-state index in [4.69, 9.17) is 27.9 Å². The van der Waals surface area contributed by atoms with E-state index in [1.807, 2.05) is 0 Å². The lowest BCUT2D eigenvalue weighted by Crippen LogP contribution is -1.93. The van der Waals surface area contributed by atoms with Gasteiger partial charge in [-0.2, -0.15) is 0 Å². The molecule has 97 valence electrons. The third kappa shape index (κ3) is 2.80. The Balaban J connectivity index is 2.68. The van der Waals surface area contributed by atoms with Crippen molar-refractivity contribution in [2.45, 2.75) is 0 Å². The minimum absolute atomic E-state index is 0.0909.